The van der Waals surface area contributed by atoms with Gasteiger partial charge in [-0.15, -0.1) is 0 Å². The molecule has 1 saturated heterocycles. The van der Waals surface area contributed by atoms with Crippen molar-refractivity contribution < 1.29 is 24.0 Å². The van der Waals surface area contributed by atoms with Gasteiger partial charge in [-0.2, -0.15) is 0 Å². The maximum Gasteiger partial charge on any atom is 0.356 e. The van der Waals surface area contributed by atoms with E-state index in [9.17, 15) is 14.4 Å². The van der Waals surface area contributed by atoms with Crippen molar-refractivity contribution in [1.82, 2.24) is 0 Å². The summed E-state index contributed by atoms with van der Waals surface area (Å²) in [5, 5.41) is 3.96. The lowest BCUT2D eigenvalue weighted by molar-refractivity contribution is -0.133. The third-order valence-corrected chi connectivity index (χ3v) is 3.54. The van der Waals surface area contributed by atoms with Gasteiger partial charge >= 0.3 is 5.97 Å². The molecule has 1 aromatic rings. The number of amides is 2. The van der Waals surface area contributed by atoms with E-state index >= 15 is 0 Å². The van der Waals surface area contributed by atoms with Gasteiger partial charge in [-0.05, 0) is 24.3 Å². The minimum absolute atomic E-state index is 0.197. The highest BCUT2D eigenvalue weighted by molar-refractivity contribution is 6.46. The summed E-state index contributed by atoms with van der Waals surface area (Å²) in [5.74, 6) is -3.01. The van der Waals surface area contributed by atoms with Crippen LogP contribution in [0.15, 0.2) is 29.4 Å². The number of nitrogens with zero attached hydrogens (tertiary/aromatic N) is 2. The molecule has 2 heterocycles. The number of oxime groups is 1. The molecule has 1 fully saturated rings. The Morgan fingerprint density at radius 3 is 2.57 bits per heavy atom. The molecule has 21 heavy (non-hydrogen) atoms. The van der Waals surface area contributed by atoms with E-state index in [1.54, 1.807) is 12.1 Å². The first-order valence-electron chi connectivity index (χ1n) is 6.00. The lowest BCUT2D eigenvalue weighted by atomic mass is 10.00. The fourth-order valence-corrected chi connectivity index (χ4v) is 2.42. The molecule has 2 aliphatic rings. The molecule has 2 atom stereocenters. The van der Waals surface area contributed by atoms with Crippen molar-refractivity contribution in [3.63, 3.8) is 0 Å². The maximum absolute atomic E-state index is 12.4. The predicted octanol–water partition coefficient (Wildman–Crippen LogP) is 0.757. The van der Waals surface area contributed by atoms with Crippen LogP contribution in [-0.4, -0.2) is 36.7 Å². The molecule has 7 nitrogen and oxygen atoms in total. The number of halogens is 1. The summed E-state index contributed by atoms with van der Waals surface area (Å²) < 4.78 is 4.53. The van der Waals surface area contributed by atoms with Gasteiger partial charge in [0.05, 0.1) is 12.8 Å². The first kappa shape index (κ1) is 13.6. The van der Waals surface area contributed by atoms with Gasteiger partial charge in [0.15, 0.2) is 5.71 Å². The Kier molecular flexibility index (Phi) is 3.13. The molecule has 3 rings (SSSR count). The fourth-order valence-electron chi connectivity index (χ4n) is 2.30. The van der Waals surface area contributed by atoms with E-state index in [0.717, 1.165) is 12.0 Å². The molecule has 1 aromatic carbocycles. The number of methoxy groups -OCH3 is 1. The third kappa shape index (κ3) is 1.97. The van der Waals surface area contributed by atoms with Crippen molar-refractivity contribution in [2.24, 2.45) is 11.1 Å². The second kappa shape index (κ2) is 4.85. The molecule has 0 unspecified atom stereocenters. The topological polar surface area (TPSA) is 85.3 Å². The second-order valence-corrected chi connectivity index (χ2v) is 4.90. The predicted molar refractivity (Wildman–Crippen MR) is 71.8 cm³/mol. The summed E-state index contributed by atoms with van der Waals surface area (Å²) in [6.45, 7) is 0. The molecule has 0 N–H and O–H groups in total. The average molecular weight is 309 g/mol. The Morgan fingerprint density at radius 1 is 1.29 bits per heavy atom. The average Bonchev–Trinajstić information content (AvgIpc) is 3.01. The zero-order chi connectivity index (χ0) is 15.1. The highest BCUT2D eigenvalue weighted by atomic mass is 35.5. The van der Waals surface area contributed by atoms with Crippen LogP contribution in [-0.2, 0) is 24.0 Å². The third-order valence-electron chi connectivity index (χ3n) is 3.29. The van der Waals surface area contributed by atoms with Crippen molar-refractivity contribution >= 4 is 40.8 Å². The molecule has 0 saturated carbocycles. The SMILES string of the molecule is COC(=O)C1=NO[C@@H]2C(=O)N(c3ccc(Cl)cc3)C(=O)[C@@H]12. The van der Waals surface area contributed by atoms with Gasteiger partial charge in [-0.25, -0.2) is 9.69 Å². The number of fused-ring (bicyclic) bond motifs is 1. The lowest BCUT2D eigenvalue weighted by Gasteiger charge is -2.15. The van der Waals surface area contributed by atoms with Gasteiger partial charge < -0.3 is 9.57 Å². The van der Waals surface area contributed by atoms with Crippen LogP contribution in [0, 0.1) is 5.92 Å². The summed E-state index contributed by atoms with van der Waals surface area (Å²) in [4.78, 5) is 42.1. The van der Waals surface area contributed by atoms with Gasteiger partial charge in [-0.3, -0.25) is 9.59 Å². The van der Waals surface area contributed by atoms with Crippen molar-refractivity contribution in [2.75, 3.05) is 12.0 Å². The minimum Gasteiger partial charge on any atom is -0.464 e. The molecular formula is C13H9ClN2O5. The zero-order valence-electron chi connectivity index (χ0n) is 10.8. The number of anilines is 1. The van der Waals surface area contributed by atoms with Crippen LogP contribution in [0.4, 0.5) is 5.69 Å². The fraction of sp³-hybridized carbons (Fsp3) is 0.231. The quantitative estimate of drug-likeness (QED) is 0.595. The van der Waals surface area contributed by atoms with Gasteiger partial charge in [-0.1, -0.05) is 16.8 Å². The number of hydrogen-bond donors (Lipinski definition) is 0. The summed E-state index contributed by atoms with van der Waals surface area (Å²) in [5.41, 5.74) is 0.161. The molecule has 0 bridgehead atoms. The van der Waals surface area contributed by atoms with E-state index in [-0.39, 0.29) is 5.71 Å². The molecule has 108 valence electrons. The summed E-state index contributed by atoms with van der Waals surface area (Å²) in [6, 6.07) is 6.19. The Hall–Kier alpha value is -2.41. The van der Waals surface area contributed by atoms with Crippen molar-refractivity contribution in [1.29, 1.82) is 0 Å². The minimum atomic E-state index is -1.12. The molecule has 8 heteroatoms. The first-order chi connectivity index (χ1) is 10.0. The van der Waals surface area contributed by atoms with Gasteiger partial charge in [0.1, 0.15) is 5.92 Å². The van der Waals surface area contributed by atoms with E-state index in [2.05, 4.69) is 9.89 Å². The largest absolute Gasteiger partial charge is 0.464 e. The summed E-state index contributed by atoms with van der Waals surface area (Å²) >= 11 is 5.78. The van der Waals surface area contributed by atoms with E-state index in [1.807, 2.05) is 0 Å². The van der Waals surface area contributed by atoms with Crippen molar-refractivity contribution in [3.8, 4) is 0 Å². The van der Waals surface area contributed by atoms with Gasteiger partial charge in [0.2, 0.25) is 12.0 Å². The molecule has 0 aliphatic carbocycles. The Balaban J connectivity index is 1.95. The van der Waals surface area contributed by atoms with Crippen LogP contribution in [0.25, 0.3) is 0 Å². The van der Waals surface area contributed by atoms with Crippen LogP contribution in [0.3, 0.4) is 0 Å². The van der Waals surface area contributed by atoms with Crippen LogP contribution < -0.4 is 4.90 Å². The van der Waals surface area contributed by atoms with Gasteiger partial charge in [0.25, 0.3) is 5.91 Å². The van der Waals surface area contributed by atoms with E-state index < -0.39 is 29.8 Å². The number of esters is 1. The van der Waals surface area contributed by atoms with E-state index in [1.165, 1.54) is 12.1 Å². The number of rotatable bonds is 2. The van der Waals surface area contributed by atoms with Gasteiger partial charge in [0, 0.05) is 5.02 Å². The lowest BCUT2D eigenvalue weighted by Crippen LogP contribution is -2.34. The Morgan fingerprint density at radius 2 is 1.95 bits per heavy atom. The van der Waals surface area contributed by atoms with E-state index in [0.29, 0.717) is 10.7 Å². The standard InChI is InChI=1S/C13H9ClN2O5/c1-20-13(19)9-8-10(21-15-9)12(18)16(11(8)17)7-4-2-6(14)3-5-7/h2-5,8,10H,1H3/t8-,10-/m0/s1. The van der Waals surface area contributed by atoms with Crippen LogP contribution >= 0.6 is 11.6 Å². The highest BCUT2D eigenvalue weighted by Crippen LogP contribution is 2.33. The molecule has 2 aliphatic heterocycles. The number of carbonyl (C=O) groups excluding carboxylic acids is 3. The summed E-state index contributed by atoms with van der Waals surface area (Å²) in [6.07, 6.45) is -1.12. The molecule has 0 spiro atoms. The van der Waals surface area contributed by atoms with Crippen LogP contribution in [0.5, 0.6) is 0 Å². The zero-order valence-corrected chi connectivity index (χ0v) is 11.5. The van der Waals surface area contributed by atoms with E-state index in [4.69, 9.17) is 16.4 Å². The molecular weight excluding hydrogens is 300 g/mol. The normalized spacial score (nSPS) is 23.7. The van der Waals surface area contributed by atoms with Crippen molar-refractivity contribution in [3.05, 3.63) is 29.3 Å². The maximum atomic E-state index is 12.4. The number of imide groups is 1. The second-order valence-electron chi connectivity index (χ2n) is 4.46. The number of ether oxygens (including phenoxy) is 1. The molecule has 0 radical (unpaired) electrons. The molecule has 0 aromatic heterocycles. The van der Waals surface area contributed by atoms with Crippen LogP contribution in [0.1, 0.15) is 0 Å². The summed E-state index contributed by atoms with van der Waals surface area (Å²) in [7, 11) is 1.16. The first-order valence-corrected chi connectivity index (χ1v) is 6.38. The number of carbonyl (C=O) groups is 3. The monoisotopic (exact) mass is 308 g/mol. The number of benzene rings is 1. The Bertz CT molecular complexity index is 670. The van der Waals surface area contributed by atoms with Crippen molar-refractivity contribution in [2.45, 2.75) is 6.10 Å². The van der Waals surface area contributed by atoms with Crippen LogP contribution in [0.2, 0.25) is 5.02 Å². The number of hydrogen-bond acceptors (Lipinski definition) is 6. The smallest absolute Gasteiger partial charge is 0.356 e. The molecule has 2 amide bonds. The Labute approximate surface area is 124 Å². The highest BCUT2D eigenvalue weighted by Gasteiger charge is 2.57.